The predicted molar refractivity (Wildman–Crippen MR) is 49.4 cm³/mol. The Morgan fingerprint density at radius 1 is 1.36 bits per heavy atom. The van der Waals surface area contributed by atoms with Crippen molar-refractivity contribution in [2.45, 2.75) is 45.8 Å². The lowest BCUT2D eigenvalue weighted by Crippen LogP contribution is -2.25. The Bertz CT molecular complexity index is 102. The fourth-order valence-corrected chi connectivity index (χ4v) is 0.642. The zero-order valence-corrected chi connectivity index (χ0v) is 8.31. The molecule has 0 atom stereocenters. The molecule has 0 aliphatic heterocycles. The summed E-state index contributed by atoms with van der Waals surface area (Å²) in [6.45, 7) is 8.99. The minimum Gasteiger partial charge on any atom is -0.439 e. The molecule has 0 aliphatic rings. The zero-order valence-electron chi connectivity index (χ0n) is 8.31. The molecule has 0 bridgehead atoms. The van der Waals surface area contributed by atoms with Gasteiger partial charge in [0.1, 0.15) is 0 Å². The van der Waals surface area contributed by atoms with Crippen LogP contribution in [0.5, 0.6) is 0 Å². The van der Waals surface area contributed by atoms with E-state index in [1.165, 1.54) is 0 Å². The molecule has 0 aromatic rings. The Morgan fingerprint density at radius 2 is 1.91 bits per heavy atom. The minimum atomic E-state index is -0.0467. The first-order valence-corrected chi connectivity index (χ1v) is 4.15. The molecule has 0 spiro atoms. The molecule has 0 N–H and O–H groups in total. The molecule has 0 fully saturated rings. The van der Waals surface area contributed by atoms with E-state index in [9.17, 15) is 0 Å². The molecule has 0 heterocycles. The fourth-order valence-electron chi connectivity index (χ4n) is 0.642. The van der Waals surface area contributed by atoms with Gasteiger partial charge < -0.3 is 9.39 Å². The van der Waals surface area contributed by atoms with Crippen LogP contribution >= 0.6 is 0 Å². The average Bonchev–Trinajstić information content (AvgIpc) is 1.87. The van der Waals surface area contributed by atoms with Crippen molar-refractivity contribution in [1.82, 2.24) is 0 Å². The van der Waals surface area contributed by atoms with Crippen molar-refractivity contribution >= 4 is 8.05 Å². The average molecular weight is 158 g/mol. The molecule has 0 amide bonds. The van der Waals surface area contributed by atoms with E-state index in [0.717, 1.165) is 13.0 Å². The van der Waals surface area contributed by atoms with Crippen LogP contribution in [0.3, 0.4) is 0 Å². The lowest BCUT2D eigenvalue weighted by atomic mass is 10.1. The van der Waals surface area contributed by atoms with Gasteiger partial charge >= 0.3 is 0 Å². The first-order chi connectivity index (χ1) is 4.98. The van der Waals surface area contributed by atoms with Crippen LogP contribution in [0.1, 0.15) is 34.1 Å². The second-order valence-corrected chi connectivity index (χ2v) is 3.63. The monoisotopic (exact) mass is 158 g/mol. The van der Waals surface area contributed by atoms with Crippen molar-refractivity contribution in [2.75, 3.05) is 6.61 Å². The summed E-state index contributed by atoms with van der Waals surface area (Å²) in [4.78, 5) is 0. The van der Waals surface area contributed by atoms with Crippen LogP contribution in [-0.2, 0) is 9.39 Å². The lowest BCUT2D eigenvalue weighted by Gasteiger charge is -2.23. The molecule has 2 nitrogen and oxygen atoms in total. The van der Waals surface area contributed by atoms with E-state index < -0.39 is 0 Å². The Hall–Kier alpha value is -0.0151. The standard InChI is InChI=1S/C8H19BO2/c1-7(2)10-6-5-8(3,4)11-9/h7H,5-6,9H2,1-4H3. The molecule has 0 saturated heterocycles. The fraction of sp³-hybridized carbons (Fsp3) is 1.00. The van der Waals surface area contributed by atoms with Crippen LogP contribution in [0, 0.1) is 0 Å². The van der Waals surface area contributed by atoms with E-state index in [0.29, 0.717) is 6.10 Å². The molecule has 0 unspecified atom stereocenters. The maximum atomic E-state index is 5.40. The van der Waals surface area contributed by atoms with Crippen LogP contribution in [0.25, 0.3) is 0 Å². The summed E-state index contributed by atoms with van der Waals surface area (Å²) in [6, 6.07) is 0. The van der Waals surface area contributed by atoms with Gasteiger partial charge in [0, 0.05) is 12.2 Å². The van der Waals surface area contributed by atoms with Gasteiger partial charge in [-0.05, 0) is 34.1 Å². The molecule has 11 heavy (non-hydrogen) atoms. The predicted octanol–water partition coefficient (Wildman–Crippen LogP) is 1.14. The van der Waals surface area contributed by atoms with Crippen LogP contribution in [-0.4, -0.2) is 26.4 Å². The van der Waals surface area contributed by atoms with Crippen molar-refractivity contribution < 1.29 is 9.39 Å². The van der Waals surface area contributed by atoms with Gasteiger partial charge in [-0.1, -0.05) is 0 Å². The SMILES string of the molecule is BOC(C)(C)CCOC(C)C. The van der Waals surface area contributed by atoms with E-state index in [4.69, 9.17) is 9.39 Å². The summed E-state index contributed by atoms with van der Waals surface area (Å²) < 4.78 is 10.6. The van der Waals surface area contributed by atoms with E-state index in [-0.39, 0.29) is 5.60 Å². The highest BCUT2D eigenvalue weighted by atomic mass is 16.5. The molecule has 0 aromatic heterocycles. The van der Waals surface area contributed by atoms with Crippen LogP contribution in [0.4, 0.5) is 0 Å². The van der Waals surface area contributed by atoms with Gasteiger partial charge in [0.2, 0.25) is 0 Å². The summed E-state index contributed by atoms with van der Waals surface area (Å²) in [6.07, 6.45) is 1.27. The maximum Gasteiger partial charge on any atom is 0.258 e. The molecule has 0 saturated carbocycles. The number of hydrogen-bond acceptors (Lipinski definition) is 2. The molecule has 0 aliphatic carbocycles. The van der Waals surface area contributed by atoms with Crippen molar-refractivity contribution in [3.05, 3.63) is 0 Å². The highest BCUT2D eigenvalue weighted by Gasteiger charge is 2.14. The van der Waals surface area contributed by atoms with Crippen LogP contribution in [0.2, 0.25) is 0 Å². The normalized spacial score (nSPS) is 12.5. The molecular weight excluding hydrogens is 139 g/mol. The lowest BCUT2D eigenvalue weighted by molar-refractivity contribution is 0.0269. The Kier molecular flexibility index (Phi) is 4.77. The summed E-state index contributed by atoms with van der Waals surface area (Å²) in [5.41, 5.74) is -0.0467. The maximum absolute atomic E-state index is 5.40. The van der Waals surface area contributed by atoms with Crippen LogP contribution in [0.15, 0.2) is 0 Å². The summed E-state index contributed by atoms with van der Waals surface area (Å²) in [5.74, 6) is 0. The minimum absolute atomic E-state index is 0.0467. The third-order valence-electron chi connectivity index (χ3n) is 1.71. The summed E-state index contributed by atoms with van der Waals surface area (Å²) in [7, 11) is 1.73. The highest BCUT2D eigenvalue weighted by molar-refractivity contribution is 5.98. The van der Waals surface area contributed by atoms with Gasteiger partial charge in [0.25, 0.3) is 8.05 Å². The van der Waals surface area contributed by atoms with Crippen molar-refractivity contribution in [3.8, 4) is 0 Å². The zero-order chi connectivity index (χ0) is 8.91. The smallest absolute Gasteiger partial charge is 0.258 e. The third-order valence-corrected chi connectivity index (χ3v) is 1.71. The van der Waals surface area contributed by atoms with Crippen molar-refractivity contribution in [1.29, 1.82) is 0 Å². The Balaban J connectivity index is 3.38. The van der Waals surface area contributed by atoms with E-state index in [2.05, 4.69) is 13.8 Å². The van der Waals surface area contributed by atoms with Crippen molar-refractivity contribution in [3.63, 3.8) is 0 Å². The second-order valence-electron chi connectivity index (χ2n) is 3.63. The second kappa shape index (κ2) is 4.78. The molecule has 0 aromatic carbocycles. The molecular formula is C8H19BO2. The quantitative estimate of drug-likeness (QED) is 0.558. The Labute approximate surface area is 70.7 Å². The van der Waals surface area contributed by atoms with Gasteiger partial charge in [-0.3, -0.25) is 0 Å². The van der Waals surface area contributed by atoms with E-state index in [1.54, 1.807) is 8.05 Å². The summed E-state index contributed by atoms with van der Waals surface area (Å²) >= 11 is 0. The first-order valence-electron chi connectivity index (χ1n) is 4.15. The molecule has 3 heteroatoms. The van der Waals surface area contributed by atoms with Gasteiger partial charge in [-0.25, -0.2) is 0 Å². The van der Waals surface area contributed by atoms with Crippen LogP contribution < -0.4 is 0 Å². The van der Waals surface area contributed by atoms with Gasteiger partial charge in [-0.2, -0.15) is 0 Å². The number of ether oxygens (including phenoxy) is 1. The highest BCUT2D eigenvalue weighted by Crippen LogP contribution is 2.12. The molecule has 0 rings (SSSR count). The number of rotatable bonds is 5. The third kappa shape index (κ3) is 6.39. The van der Waals surface area contributed by atoms with E-state index >= 15 is 0 Å². The van der Waals surface area contributed by atoms with E-state index in [1.807, 2.05) is 13.8 Å². The number of hydrogen-bond donors (Lipinski definition) is 0. The van der Waals surface area contributed by atoms with Crippen molar-refractivity contribution in [2.24, 2.45) is 0 Å². The molecule has 66 valence electrons. The van der Waals surface area contributed by atoms with Gasteiger partial charge in [-0.15, -0.1) is 0 Å². The Morgan fingerprint density at radius 3 is 2.27 bits per heavy atom. The molecule has 0 radical (unpaired) electrons. The largest absolute Gasteiger partial charge is 0.439 e. The van der Waals surface area contributed by atoms with Gasteiger partial charge in [0.15, 0.2) is 0 Å². The first kappa shape index (κ1) is 11.0. The van der Waals surface area contributed by atoms with Gasteiger partial charge in [0.05, 0.1) is 6.10 Å². The summed E-state index contributed by atoms with van der Waals surface area (Å²) in [5, 5.41) is 0. The topological polar surface area (TPSA) is 18.5 Å².